The average Bonchev–Trinajstić information content (AvgIpc) is 3.00. The van der Waals surface area contributed by atoms with E-state index in [1.165, 1.54) is 29.0 Å². The van der Waals surface area contributed by atoms with Crippen LogP contribution < -0.4 is 5.73 Å². The van der Waals surface area contributed by atoms with E-state index < -0.39 is 0 Å². The minimum absolute atomic E-state index is 0.319. The molecular weight excluding hydrogens is 264 g/mol. The monoisotopic (exact) mass is 278 g/mol. The van der Waals surface area contributed by atoms with Crippen LogP contribution in [0, 0.1) is 11.8 Å². The topological polar surface area (TPSA) is 38.9 Å². The molecule has 2 aliphatic carbocycles. The van der Waals surface area contributed by atoms with Crippen molar-refractivity contribution in [3.8, 4) is 0 Å². The van der Waals surface area contributed by atoms with E-state index in [1.807, 2.05) is 12.1 Å². The van der Waals surface area contributed by atoms with Crippen molar-refractivity contribution in [2.24, 2.45) is 17.6 Å². The summed E-state index contributed by atoms with van der Waals surface area (Å²) in [4.78, 5) is 4.78. The third-order valence-corrected chi connectivity index (χ3v) is 6.00. The molecule has 0 amide bonds. The lowest BCUT2D eigenvalue weighted by Crippen LogP contribution is -2.33. The summed E-state index contributed by atoms with van der Waals surface area (Å²) >= 11 is 7.82. The van der Waals surface area contributed by atoms with Crippen LogP contribution in [0.25, 0.3) is 10.2 Å². The molecule has 4 rings (SSSR count). The maximum absolute atomic E-state index is 6.39. The number of fused-ring (bicyclic) bond motifs is 3. The molecule has 0 spiro atoms. The van der Waals surface area contributed by atoms with E-state index in [-0.39, 0.29) is 0 Å². The number of benzene rings is 1. The fraction of sp³-hybridized carbons (Fsp3) is 0.500. The zero-order valence-corrected chi connectivity index (χ0v) is 11.5. The highest BCUT2D eigenvalue weighted by Crippen LogP contribution is 2.53. The highest BCUT2D eigenvalue weighted by molar-refractivity contribution is 7.18. The van der Waals surface area contributed by atoms with E-state index in [2.05, 4.69) is 6.07 Å². The van der Waals surface area contributed by atoms with Crippen molar-refractivity contribution in [1.29, 1.82) is 0 Å². The third kappa shape index (κ3) is 1.54. The Hall–Kier alpha value is -0.640. The molecule has 1 heterocycles. The Morgan fingerprint density at radius 2 is 2.11 bits per heavy atom. The first-order valence-electron chi connectivity index (χ1n) is 6.54. The first-order chi connectivity index (χ1) is 8.72. The Balaban J connectivity index is 1.78. The normalized spacial score (nSPS) is 34.6. The van der Waals surface area contributed by atoms with Crippen LogP contribution in [0.15, 0.2) is 18.2 Å². The summed E-state index contributed by atoms with van der Waals surface area (Å²) in [6.45, 7) is 0. The molecule has 4 unspecified atom stereocenters. The molecule has 4 heteroatoms. The van der Waals surface area contributed by atoms with Crippen LogP contribution in [0.4, 0.5) is 0 Å². The lowest BCUT2D eigenvalue weighted by atomic mass is 9.85. The van der Waals surface area contributed by atoms with Gasteiger partial charge in [-0.3, -0.25) is 0 Å². The summed E-state index contributed by atoms with van der Waals surface area (Å²) in [5.41, 5.74) is 7.41. The zero-order valence-electron chi connectivity index (χ0n) is 9.97. The van der Waals surface area contributed by atoms with E-state index in [9.17, 15) is 0 Å². The van der Waals surface area contributed by atoms with Crippen molar-refractivity contribution in [2.45, 2.75) is 31.2 Å². The molecule has 1 aromatic heterocycles. The Labute approximate surface area is 115 Å². The van der Waals surface area contributed by atoms with Crippen LogP contribution in [-0.2, 0) is 0 Å². The molecule has 4 atom stereocenters. The molecular formula is C14H15ClN2S. The lowest BCUT2D eigenvalue weighted by molar-refractivity contribution is 0.365. The van der Waals surface area contributed by atoms with Gasteiger partial charge in [-0.05, 0) is 49.3 Å². The number of halogens is 1. The molecule has 1 aromatic carbocycles. The summed E-state index contributed by atoms with van der Waals surface area (Å²) in [6, 6.07) is 6.28. The molecule has 2 N–H and O–H groups in total. The summed E-state index contributed by atoms with van der Waals surface area (Å²) in [5.74, 6) is 1.98. The van der Waals surface area contributed by atoms with Gasteiger partial charge >= 0.3 is 0 Å². The van der Waals surface area contributed by atoms with E-state index in [0.29, 0.717) is 12.0 Å². The van der Waals surface area contributed by atoms with Crippen molar-refractivity contribution >= 4 is 33.2 Å². The van der Waals surface area contributed by atoms with Gasteiger partial charge in [0.25, 0.3) is 0 Å². The lowest BCUT2D eigenvalue weighted by Gasteiger charge is -2.26. The molecule has 94 valence electrons. The number of hydrogen-bond acceptors (Lipinski definition) is 3. The van der Waals surface area contributed by atoms with Gasteiger partial charge in [0.2, 0.25) is 0 Å². The maximum Gasteiger partial charge on any atom is 0.0987 e. The largest absolute Gasteiger partial charge is 0.327 e. The van der Waals surface area contributed by atoms with E-state index in [1.54, 1.807) is 11.3 Å². The minimum Gasteiger partial charge on any atom is -0.327 e. The smallest absolute Gasteiger partial charge is 0.0987 e. The van der Waals surface area contributed by atoms with E-state index in [0.717, 1.165) is 22.4 Å². The Morgan fingerprint density at radius 3 is 2.89 bits per heavy atom. The number of hydrogen-bond donors (Lipinski definition) is 1. The second-order valence-corrected chi connectivity index (χ2v) is 7.10. The van der Waals surface area contributed by atoms with Crippen molar-refractivity contribution in [1.82, 2.24) is 4.98 Å². The fourth-order valence-corrected chi connectivity index (χ4v) is 5.13. The van der Waals surface area contributed by atoms with Crippen LogP contribution in [0.3, 0.4) is 0 Å². The Morgan fingerprint density at radius 1 is 1.28 bits per heavy atom. The Bertz CT molecular complexity index is 607. The van der Waals surface area contributed by atoms with Crippen LogP contribution in [-0.4, -0.2) is 11.0 Å². The van der Waals surface area contributed by atoms with Gasteiger partial charge in [0.1, 0.15) is 0 Å². The van der Waals surface area contributed by atoms with Crippen molar-refractivity contribution < 1.29 is 0 Å². The number of nitrogens with zero attached hydrogens (tertiary/aromatic N) is 1. The number of rotatable bonds is 1. The number of thiazole rings is 1. The second-order valence-electron chi connectivity index (χ2n) is 5.60. The van der Waals surface area contributed by atoms with Crippen molar-refractivity contribution in [2.75, 3.05) is 0 Å². The first-order valence-corrected chi connectivity index (χ1v) is 7.73. The predicted octanol–water partition coefficient (Wildman–Crippen LogP) is 3.79. The molecule has 0 aliphatic heterocycles. The van der Waals surface area contributed by atoms with Crippen LogP contribution in [0.2, 0.25) is 5.02 Å². The van der Waals surface area contributed by atoms with Gasteiger partial charge in [-0.2, -0.15) is 0 Å². The predicted molar refractivity (Wildman–Crippen MR) is 76.2 cm³/mol. The van der Waals surface area contributed by atoms with Gasteiger partial charge in [-0.25, -0.2) is 4.98 Å². The molecule has 2 nitrogen and oxygen atoms in total. The Kier molecular flexibility index (Phi) is 2.44. The fourth-order valence-electron chi connectivity index (χ4n) is 3.76. The van der Waals surface area contributed by atoms with Gasteiger partial charge in [-0.15, -0.1) is 11.3 Å². The molecule has 18 heavy (non-hydrogen) atoms. The van der Waals surface area contributed by atoms with E-state index in [4.69, 9.17) is 22.3 Å². The van der Waals surface area contributed by atoms with Gasteiger partial charge in [0.05, 0.1) is 15.2 Å². The summed E-state index contributed by atoms with van der Waals surface area (Å²) in [7, 11) is 0. The summed E-state index contributed by atoms with van der Waals surface area (Å²) in [5, 5.41) is 1.99. The molecule has 2 fully saturated rings. The molecule has 0 saturated heterocycles. The zero-order chi connectivity index (χ0) is 12.3. The quantitative estimate of drug-likeness (QED) is 0.862. The molecule has 2 aliphatic rings. The average molecular weight is 279 g/mol. The maximum atomic E-state index is 6.39. The van der Waals surface area contributed by atoms with Crippen molar-refractivity contribution in [3.63, 3.8) is 0 Å². The number of nitrogens with two attached hydrogens (primary N) is 1. The first kappa shape index (κ1) is 11.2. The molecule has 2 aromatic rings. The minimum atomic E-state index is 0.319. The summed E-state index contributed by atoms with van der Waals surface area (Å²) < 4.78 is 1.23. The molecule has 2 bridgehead atoms. The van der Waals surface area contributed by atoms with Gasteiger partial charge in [0.15, 0.2) is 0 Å². The van der Waals surface area contributed by atoms with Crippen LogP contribution >= 0.6 is 22.9 Å². The SMILES string of the molecule is NC1C2CCC(C2)C1c1nc2cc(Cl)ccc2s1. The third-order valence-electron chi connectivity index (χ3n) is 4.63. The highest BCUT2D eigenvalue weighted by Gasteiger charge is 2.47. The van der Waals surface area contributed by atoms with Crippen LogP contribution in [0.1, 0.15) is 30.2 Å². The summed E-state index contributed by atoms with van der Waals surface area (Å²) in [6.07, 6.45) is 3.96. The van der Waals surface area contributed by atoms with Gasteiger partial charge < -0.3 is 5.73 Å². The standard InChI is InChI=1S/C14H15ClN2S/c15-9-3-4-11-10(6-9)17-14(18-11)12-7-1-2-8(5-7)13(12)16/h3-4,6-8,12-13H,1-2,5,16H2. The number of aromatic nitrogens is 1. The van der Waals surface area contributed by atoms with Gasteiger partial charge in [0, 0.05) is 17.0 Å². The second kappa shape index (κ2) is 3.92. The van der Waals surface area contributed by atoms with E-state index >= 15 is 0 Å². The van der Waals surface area contributed by atoms with Gasteiger partial charge in [-0.1, -0.05) is 11.6 Å². The highest BCUT2D eigenvalue weighted by atomic mass is 35.5. The van der Waals surface area contributed by atoms with Crippen LogP contribution in [0.5, 0.6) is 0 Å². The van der Waals surface area contributed by atoms with Crippen molar-refractivity contribution in [3.05, 3.63) is 28.2 Å². The molecule has 0 radical (unpaired) electrons. The molecule has 2 saturated carbocycles.